The van der Waals surface area contributed by atoms with Gasteiger partial charge in [0, 0.05) is 19.3 Å². The number of rotatable bonds is 6. The molecule has 0 aliphatic rings. The smallest absolute Gasteiger partial charge is 0.328 e. The molecule has 1 rings (SSSR count). The van der Waals surface area contributed by atoms with Crippen molar-refractivity contribution in [1.29, 1.82) is 0 Å². The Morgan fingerprint density at radius 2 is 2.06 bits per heavy atom. The Bertz CT molecular complexity index is 392. The van der Waals surface area contributed by atoms with Crippen molar-refractivity contribution < 1.29 is 14.3 Å². The van der Waals surface area contributed by atoms with Gasteiger partial charge in [-0.2, -0.15) is 0 Å². The second kappa shape index (κ2) is 7.42. The van der Waals surface area contributed by atoms with Gasteiger partial charge < -0.3 is 10.1 Å². The molecule has 18 heavy (non-hydrogen) atoms. The summed E-state index contributed by atoms with van der Waals surface area (Å²) >= 11 is 0. The molecule has 5 heteroatoms. The molecule has 0 aliphatic heterocycles. The molecule has 98 valence electrons. The van der Waals surface area contributed by atoms with Crippen LogP contribution in [-0.4, -0.2) is 29.5 Å². The first-order valence-electron chi connectivity index (χ1n) is 5.96. The molecule has 0 unspecified atom stereocenters. The monoisotopic (exact) mass is 250 g/mol. The first-order chi connectivity index (χ1) is 8.63. The Balaban J connectivity index is 2.55. The average Bonchev–Trinajstić information content (AvgIpc) is 2.35. The Labute approximate surface area is 107 Å². The Morgan fingerprint density at radius 1 is 1.39 bits per heavy atom. The summed E-state index contributed by atoms with van der Waals surface area (Å²) < 4.78 is 4.93. The first-order valence-corrected chi connectivity index (χ1v) is 5.96. The number of hydrogen-bond donors (Lipinski definition) is 1. The summed E-state index contributed by atoms with van der Waals surface area (Å²) in [6.45, 7) is 3.44. The summed E-state index contributed by atoms with van der Waals surface area (Å²) in [5.74, 6) is -0.621. The van der Waals surface area contributed by atoms with Crippen molar-refractivity contribution in [1.82, 2.24) is 10.3 Å². The molecule has 5 nitrogen and oxygen atoms in total. The van der Waals surface area contributed by atoms with E-state index in [1.165, 1.54) is 6.92 Å². The zero-order chi connectivity index (χ0) is 13.4. The normalized spacial score (nSPS) is 11.7. The molecule has 1 aromatic rings. The second-order valence-electron chi connectivity index (χ2n) is 3.90. The number of ether oxygens (including phenoxy) is 1. The van der Waals surface area contributed by atoms with Gasteiger partial charge in [0.05, 0.1) is 6.61 Å². The summed E-state index contributed by atoms with van der Waals surface area (Å²) in [5.41, 5.74) is 1.07. The lowest BCUT2D eigenvalue weighted by atomic mass is 10.1. The van der Waals surface area contributed by atoms with Crippen molar-refractivity contribution in [2.75, 3.05) is 6.61 Å². The maximum atomic E-state index is 11.7. The molecule has 0 fully saturated rings. The zero-order valence-corrected chi connectivity index (χ0v) is 10.7. The number of nitrogens with one attached hydrogen (secondary N) is 1. The highest BCUT2D eigenvalue weighted by molar-refractivity contribution is 5.83. The van der Waals surface area contributed by atoms with E-state index in [2.05, 4.69) is 10.3 Å². The van der Waals surface area contributed by atoms with Gasteiger partial charge >= 0.3 is 5.97 Å². The van der Waals surface area contributed by atoms with Crippen molar-refractivity contribution in [2.45, 2.75) is 32.7 Å². The summed E-state index contributed by atoms with van der Waals surface area (Å²) in [7, 11) is 0. The van der Waals surface area contributed by atoms with Crippen LogP contribution in [0.3, 0.4) is 0 Å². The van der Waals surface area contributed by atoms with Crippen LogP contribution in [0.4, 0.5) is 0 Å². The van der Waals surface area contributed by atoms with E-state index in [0.29, 0.717) is 19.4 Å². The van der Waals surface area contributed by atoms with Gasteiger partial charge in [0.25, 0.3) is 0 Å². The van der Waals surface area contributed by atoms with E-state index in [-0.39, 0.29) is 11.9 Å². The van der Waals surface area contributed by atoms with Crippen LogP contribution in [0.1, 0.15) is 25.8 Å². The third-order valence-corrected chi connectivity index (χ3v) is 2.42. The highest BCUT2D eigenvalue weighted by atomic mass is 16.5. The Kier molecular flexibility index (Phi) is 5.84. The molecule has 0 aromatic carbocycles. The third kappa shape index (κ3) is 4.95. The lowest BCUT2D eigenvalue weighted by molar-refractivity contribution is -0.147. The van der Waals surface area contributed by atoms with Crippen LogP contribution < -0.4 is 5.32 Å². The van der Waals surface area contributed by atoms with Gasteiger partial charge in [-0.3, -0.25) is 9.78 Å². The molecule has 0 radical (unpaired) electrons. The fraction of sp³-hybridized carbons (Fsp3) is 0.462. The molecule has 0 saturated heterocycles. The number of aromatic nitrogens is 1. The number of carbonyl (C=O) groups excluding carboxylic acids is 2. The third-order valence-electron chi connectivity index (χ3n) is 2.42. The maximum Gasteiger partial charge on any atom is 0.328 e. The molecule has 0 spiro atoms. The van der Waals surface area contributed by atoms with Gasteiger partial charge in [-0.25, -0.2) is 4.79 Å². The molecule has 0 bridgehead atoms. The van der Waals surface area contributed by atoms with Crippen molar-refractivity contribution in [3.63, 3.8) is 0 Å². The zero-order valence-electron chi connectivity index (χ0n) is 10.7. The molecule has 1 amide bonds. The molecule has 1 atom stereocenters. The molecular weight excluding hydrogens is 232 g/mol. The topological polar surface area (TPSA) is 68.3 Å². The largest absolute Gasteiger partial charge is 0.464 e. The SMILES string of the molecule is CCOC(=O)[C@@H](CCc1ccncc1)NC(C)=O. The van der Waals surface area contributed by atoms with Crippen molar-refractivity contribution in [3.05, 3.63) is 30.1 Å². The van der Waals surface area contributed by atoms with Crippen LogP contribution >= 0.6 is 0 Å². The first kappa shape index (κ1) is 14.2. The second-order valence-corrected chi connectivity index (χ2v) is 3.90. The molecule has 0 aliphatic carbocycles. The summed E-state index contributed by atoms with van der Waals surface area (Å²) in [6, 6.07) is 3.18. The lowest BCUT2D eigenvalue weighted by Crippen LogP contribution is -2.41. The molecule has 1 aromatic heterocycles. The van der Waals surface area contributed by atoms with E-state index in [1.807, 2.05) is 12.1 Å². The van der Waals surface area contributed by atoms with Crippen LogP contribution in [0.2, 0.25) is 0 Å². The number of hydrogen-bond acceptors (Lipinski definition) is 4. The standard InChI is InChI=1S/C13H18N2O3/c1-3-18-13(17)12(15-10(2)16)5-4-11-6-8-14-9-7-11/h6-9,12H,3-5H2,1-2H3,(H,15,16)/t12-/m1/s1. The van der Waals surface area contributed by atoms with E-state index < -0.39 is 6.04 Å². The highest BCUT2D eigenvalue weighted by Crippen LogP contribution is 2.05. The predicted molar refractivity (Wildman–Crippen MR) is 66.8 cm³/mol. The van der Waals surface area contributed by atoms with Gasteiger partial charge in [0.2, 0.25) is 5.91 Å². The van der Waals surface area contributed by atoms with Gasteiger partial charge in [-0.05, 0) is 37.5 Å². The quantitative estimate of drug-likeness (QED) is 0.767. The van der Waals surface area contributed by atoms with Crippen LogP contribution in [0.25, 0.3) is 0 Å². The highest BCUT2D eigenvalue weighted by Gasteiger charge is 2.20. The minimum atomic E-state index is -0.587. The summed E-state index contributed by atoms with van der Waals surface area (Å²) in [4.78, 5) is 26.6. The van der Waals surface area contributed by atoms with E-state index in [1.54, 1.807) is 19.3 Å². The van der Waals surface area contributed by atoms with Crippen LogP contribution in [-0.2, 0) is 20.7 Å². The Morgan fingerprint density at radius 3 is 2.61 bits per heavy atom. The molecular formula is C13H18N2O3. The number of aryl methyl sites for hydroxylation is 1. The van der Waals surface area contributed by atoms with E-state index in [0.717, 1.165) is 5.56 Å². The van der Waals surface area contributed by atoms with E-state index >= 15 is 0 Å². The number of pyridine rings is 1. The van der Waals surface area contributed by atoms with Gasteiger partial charge in [-0.1, -0.05) is 0 Å². The molecule has 1 N–H and O–H groups in total. The summed E-state index contributed by atoms with van der Waals surface area (Å²) in [5, 5.41) is 2.61. The fourth-order valence-electron chi connectivity index (χ4n) is 1.60. The molecule has 1 heterocycles. The average molecular weight is 250 g/mol. The van der Waals surface area contributed by atoms with E-state index in [9.17, 15) is 9.59 Å². The van der Waals surface area contributed by atoms with Crippen LogP contribution in [0, 0.1) is 0 Å². The van der Waals surface area contributed by atoms with Crippen LogP contribution in [0.5, 0.6) is 0 Å². The van der Waals surface area contributed by atoms with Crippen molar-refractivity contribution >= 4 is 11.9 Å². The van der Waals surface area contributed by atoms with Crippen LogP contribution in [0.15, 0.2) is 24.5 Å². The van der Waals surface area contributed by atoms with Crippen molar-refractivity contribution in [2.24, 2.45) is 0 Å². The van der Waals surface area contributed by atoms with E-state index in [4.69, 9.17) is 4.74 Å². The lowest BCUT2D eigenvalue weighted by Gasteiger charge is -2.16. The fourth-order valence-corrected chi connectivity index (χ4v) is 1.60. The summed E-state index contributed by atoms with van der Waals surface area (Å²) in [6.07, 6.45) is 4.61. The predicted octanol–water partition coefficient (Wildman–Crippen LogP) is 1.08. The number of amides is 1. The minimum absolute atomic E-state index is 0.234. The number of nitrogens with zero attached hydrogens (tertiary/aromatic N) is 1. The minimum Gasteiger partial charge on any atom is -0.464 e. The Hall–Kier alpha value is -1.91. The maximum absolute atomic E-state index is 11.7. The van der Waals surface area contributed by atoms with Gasteiger partial charge in [0.1, 0.15) is 6.04 Å². The molecule has 0 saturated carbocycles. The van der Waals surface area contributed by atoms with Gasteiger partial charge in [0.15, 0.2) is 0 Å². The number of esters is 1. The number of carbonyl (C=O) groups is 2. The van der Waals surface area contributed by atoms with Crippen molar-refractivity contribution in [3.8, 4) is 0 Å². The van der Waals surface area contributed by atoms with Gasteiger partial charge in [-0.15, -0.1) is 0 Å².